The van der Waals surface area contributed by atoms with E-state index in [2.05, 4.69) is 17.4 Å². The molecule has 1 aliphatic heterocycles. The van der Waals surface area contributed by atoms with Gasteiger partial charge in [-0.1, -0.05) is 12.1 Å². The molecular formula is C20H32BNO4. The van der Waals surface area contributed by atoms with Crippen LogP contribution in [0.3, 0.4) is 0 Å². The van der Waals surface area contributed by atoms with Gasteiger partial charge in [-0.3, -0.25) is 0 Å². The van der Waals surface area contributed by atoms with Gasteiger partial charge < -0.3 is 19.4 Å². The van der Waals surface area contributed by atoms with E-state index in [1.807, 2.05) is 62.3 Å². The molecule has 0 unspecified atom stereocenters. The molecule has 144 valence electrons. The first kappa shape index (κ1) is 20.8. The maximum absolute atomic E-state index is 11.9. The maximum atomic E-state index is 11.9. The Balaban J connectivity index is 2.13. The quantitative estimate of drug-likeness (QED) is 0.836. The highest BCUT2D eigenvalue weighted by molar-refractivity contribution is 6.62. The SMILES string of the molecule is Cc1cc(B2OC(C)(C)C(C)(C)O2)cc(C)c1CNC(=O)OC(C)(C)C. The number of aryl methyl sites for hydroxylation is 2. The third kappa shape index (κ3) is 4.60. The number of benzene rings is 1. The van der Waals surface area contributed by atoms with E-state index in [9.17, 15) is 4.79 Å². The number of nitrogens with one attached hydrogen (secondary N) is 1. The van der Waals surface area contributed by atoms with Gasteiger partial charge in [0.15, 0.2) is 0 Å². The molecule has 1 aromatic carbocycles. The van der Waals surface area contributed by atoms with Crippen molar-refractivity contribution >= 4 is 18.7 Å². The third-order valence-corrected chi connectivity index (χ3v) is 5.05. The topological polar surface area (TPSA) is 56.8 Å². The van der Waals surface area contributed by atoms with E-state index in [4.69, 9.17) is 14.0 Å². The summed E-state index contributed by atoms with van der Waals surface area (Å²) >= 11 is 0. The fourth-order valence-corrected chi connectivity index (χ4v) is 2.90. The molecule has 1 fully saturated rings. The lowest BCUT2D eigenvalue weighted by Gasteiger charge is -2.32. The number of hydrogen-bond acceptors (Lipinski definition) is 4. The Hall–Kier alpha value is -1.53. The maximum Gasteiger partial charge on any atom is 0.494 e. The van der Waals surface area contributed by atoms with Crippen LogP contribution in [0.15, 0.2) is 12.1 Å². The molecule has 0 bridgehead atoms. The van der Waals surface area contributed by atoms with Crippen LogP contribution in [0.4, 0.5) is 4.79 Å². The molecular weight excluding hydrogens is 329 g/mol. The Morgan fingerprint density at radius 1 is 1.08 bits per heavy atom. The molecule has 1 N–H and O–H groups in total. The average molecular weight is 361 g/mol. The molecule has 0 aliphatic carbocycles. The molecule has 1 heterocycles. The van der Waals surface area contributed by atoms with Gasteiger partial charge in [0.25, 0.3) is 0 Å². The summed E-state index contributed by atoms with van der Waals surface area (Å²) in [6.45, 7) is 18.2. The molecule has 0 radical (unpaired) electrons. The van der Waals surface area contributed by atoms with Gasteiger partial charge in [-0.25, -0.2) is 4.79 Å². The van der Waals surface area contributed by atoms with Crippen molar-refractivity contribution in [2.75, 3.05) is 0 Å². The molecule has 0 aromatic heterocycles. The highest BCUT2D eigenvalue weighted by Gasteiger charge is 2.51. The summed E-state index contributed by atoms with van der Waals surface area (Å²) in [5.74, 6) is 0. The molecule has 1 saturated heterocycles. The number of amides is 1. The van der Waals surface area contributed by atoms with Crippen molar-refractivity contribution in [1.82, 2.24) is 5.32 Å². The first-order chi connectivity index (χ1) is 11.7. The summed E-state index contributed by atoms with van der Waals surface area (Å²) in [4.78, 5) is 11.9. The lowest BCUT2D eigenvalue weighted by Crippen LogP contribution is -2.41. The van der Waals surface area contributed by atoms with Gasteiger partial charge in [0.2, 0.25) is 0 Å². The lowest BCUT2D eigenvalue weighted by molar-refractivity contribution is 0.00578. The normalized spacial score (nSPS) is 18.7. The molecule has 0 spiro atoms. The predicted octanol–water partition coefficient (Wildman–Crippen LogP) is 3.63. The van der Waals surface area contributed by atoms with Crippen LogP contribution < -0.4 is 10.8 Å². The van der Waals surface area contributed by atoms with Crippen molar-refractivity contribution in [2.45, 2.75) is 85.7 Å². The average Bonchev–Trinajstić information content (AvgIpc) is 2.64. The fourth-order valence-electron chi connectivity index (χ4n) is 2.90. The van der Waals surface area contributed by atoms with Crippen LogP contribution in [-0.4, -0.2) is 30.0 Å². The molecule has 0 saturated carbocycles. The standard InChI is InChI=1S/C20H32BNO4/c1-13-10-15(21-25-19(6,7)20(8,9)26-21)11-14(2)16(13)12-22-17(23)24-18(3,4)5/h10-11H,12H2,1-9H3,(H,22,23). The summed E-state index contributed by atoms with van der Waals surface area (Å²) in [7, 11) is -0.384. The number of carbonyl (C=O) groups excluding carboxylic acids is 1. The zero-order chi connectivity index (χ0) is 19.9. The third-order valence-electron chi connectivity index (χ3n) is 5.05. The second kappa shape index (κ2) is 6.89. The summed E-state index contributed by atoms with van der Waals surface area (Å²) < 4.78 is 17.6. The smallest absolute Gasteiger partial charge is 0.444 e. The van der Waals surface area contributed by atoms with Crippen LogP contribution in [0, 0.1) is 13.8 Å². The Labute approximate surface area is 157 Å². The van der Waals surface area contributed by atoms with E-state index in [1.54, 1.807) is 0 Å². The summed E-state index contributed by atoms with van der Waals surface area (Å²) in [5.41, 5.74) is 3.02. The molecule has 5 nitrogen and oxygen atoms in total. The first-order valence-corrected chi connectivity index (χ1v) is 9.14. The number of ether oxygens (including phenoxy) is 1. The van der Waals surface area contributed by atoms with Crippen molar-refractivity contribution < 1.29 is 18.8 Å². The molecule has 26 heavy (non-hydrogen) atoms. The summed E-state index contributed by atoms with van der Waals surface area (Å²) in [5, 5.41) is 2.83. The Bertz CT molecular complexity index is 653. The number of alkyl carbamates (subject to hydrolysis) is 1. The van der Waals surface area contributed by atoms with E-state index in [1.165, 1.54) is 0 Å². The second-order valence-electron chi connectivity index (χ2n) is 9.08. The van der Waals surface area contributed by atoms with Gasteiger partial charge in [-0.15, -0.1) is 0 Å². The lowest BCUT2D eigenvalue weighted by atomic mass is 9.76. The van der Waals surface area contributed by atoms with E-state index < -0.39 is 11.7 Å². The van der Waals surface area contributed by atoms with Crippen LogP contribution in [0.25, 0.3) is 0 Å². The van der Waals surface area contributed by atoms with Gasteiger partial charge in [0, 0.05) is 6.54 Å². The predicted molar refractivity (Wildman–Crippen MR) is 105 cm³/mol. The van der Waals surface area contributed by atoms with Crippen molar-refractivity contribution in [3.63, 3.8) is 0 Å². The fraction of sp³-hybridized carbons (Fsp3) is 0.650. The highest BCUT2D eigenvalue weighted by Crippen LogP contribution is 2.36. The van der Waals surface area contributed by atoms with Crippen molar-refractivity contribution in [1.29, 1.82) is 0 Å². The van der Waals surface area contributed by atoms with E-state index >= 15 is 0 Å². The molecule has 1 aromatic rings. The van der Waals surface area contributed by atoms with Crippen LogP contribution >= 0.6 is 0 Å². The molecule has 2 rings (SSSR count). The van der Waals surface area contributed by atoms with E-state index in [0.717, 1.165) is 22.2 Å². The van der Waals surface area contributed by atoms with Crippen molar-refractivity contribution in [2.24, 2.45) is 0 Å². The zero-order valence-corrected chi connectivity index (χ0v) is 17.6. The number of hydrogen-bond donors (Lipinski definition) is 1. The Morgan fingerprint density at radius 3 is 1.96 bits per heavy atom. The van der Waals surface area contributed by atoms with Crippen LogP contribution in [-0.2, 0) is 20.6 Å². The second-order valence-corrected chi connectivity index (χ2v) is 9.08. The minimum absolute atomic E-state index is 0.365. The van der Waals surface area contributed by atoms with E-state index in [-0.39, 0.29) is 18.3 Å². The summed E-state index contributed by atoms with van der Waals surface area (Å²) in [6.07, 6.45) is -0.411. The van der Waals surface area contributed by atoms with Gasteiger partial charge in [0.05, 0.1) is 11.2 Å². The number of rotatable bonds is 3. The van der Waals surface area contributed by atoms with Crippen LogP contribution in [0.2, 0.25) is 0 Å². The van der Waals surface area contributed by atoms with Crippen molar-refractivity contribution in [3.8, 4) is 0 Å². The Kier molecular flexibility index (Phi) is 5.51. The minimum atomic E-state index is -0.505. The minimum Gasteiger partial charge on any atom is -0.444 e. The monoisotopic (exact) mass is 361 g/mol. The van der Waals surface area contributed by atoms with Gasteiger partial charge >= 0.3 is 13.2 Å². The van der Waals surface area contributed by atoms with Crippen LogP contribution in [0.5, 0.6) is 0 Å². The van der Waals surface area contributed by atoms with Gasteiger partial charge in [-0.2, -0.15) is 0 Å². The van der Waals surface area contributed by atoms with Gasteiger partial charge in [-0.05, 0) is 84.5 Å². The highest BCUT2D eigenvalue weighted by atomic mass is 16.7. The van der Waals surface area contributed by atoms with Crippen LogP contribution in [0.1, 0.15) is 65.2 Å². The molecule has 6 heteroatoms. The van der Waals surface area contributed by atoms with Gasteiger partial charge in [0.1, 0.15) is 5.60 Å². The largest absolute Gasteiger partial charge is 0.494 e. The molecule has 0 atom stereocenters. The zero-order valence-electron chi connectivity index (χ0n) is 17.6. The molecule has 1 aliphatic rings. The number of carbonyl (C=O) groups is 1. The first-order valence-electron chi connectivity index (χ1n) is 9.14. The Morgan fingerprint density at radius 2 is 1.54 bits per heavy atom. The summed E-state index contributed by atoms with van der Waals surface area (Å²) in [6, 6.07) is 4.14. The van der Waals surface area contributed by atoms with E-state index in [0.29, 0.717) is 6.54 Å². The van der Waals surface area contributed by atoms with Crippen molar-refractivity contribution in [3.05, 3.63) is 28.8 Å². The molecule has 1 amide bonds.